The Hall–Kier alpha value is -3.80. The van der Waals surface area contributed by atoms with Crippen molar-refractivity contribution in [3.05, 3.63) is 71.3 Å². The van der Waals surface area contributed by atoms with E-state index in [-0.39, 0.29) is 5.75 Å². The van der Waals surface area contributed by atoms with E-state index >= 15 is 0 Å². The molecule has 4 rings (SSSR count). The first-order valence-corrected chi connectivity index (χ1v) is 9.70. The Labute approximate surface area is 173 Å². The minimum Gasteiger partial charge on any atom is -0.507 e. The number of amides is 1. The number of carboxylic acid groups (broad SMARTS) is 1. The zero-order valence-electron chi connectivity index (χ0n) is 16.4. The van der Waals surface area contributed by atoms with Crippen LogP contribution in [0.25, 0.3) is 11.1 Å². The molecule has 0 fully saturated rings. The van der Waals surface area contributed by atoms with Crippen molar-refractivity contribution < 1.29 is 24.5 Å². The molecule has 1 aliphatic rings. The minimum atomic E-state index is -1.52. The molecule has 1 aliphatic carbocycles. The predicted octanol–water partition coefficient (Wildman–Crippen LogP) is 4.67. The number of ether oxygens (including phenoxy) is 1. The van der Waals surface area contributed by atoms with Gasteiger partial charge in [-0.1, -0.05) is 30.3 Å². The Bertz CT molecular complexity index is 1140. The maximum Gasteiger partial charge on any atom is 0.394 e. The average Bonchev–Trinajstić information content (AvgIpc) is 3.22. The van der Waals surface area contributed by atoms with Crippen LogP contribution in [0.4, 0.5) is 5.69 Å². The van der Waals surface area contributed by atoms with Crippen LogP contribution in [0.15, 0.2) is 54.6 Å². The molecule has 0 bridgehead atoms. The Morgan fingerprint density at radius 3 is 2.47 bits per heavy atom. The van der Waals surface area contributed by atoms with E-state index in [4.69, 9.17) is 9.84 Å². The quantitative estimate of drug-likeness (QED) is 0.550. The molecule has 1 amide bonds. The summed E-state index contributed by atoms with van der Waals surface area (Å²) in [5.74, 6) is -1.10. The number of rotatable bonds is 4. The van der Waals surface area contributed by atoms with E-state index in [0.717, 1.165) is 41.5 Å². The Balaban J connectivity index is 1.70. The molecule has 30 heavy (non-hydrogen) atoms. The number of hydrogen-bond acceptors (Lipinski definition) is 4. The lowest BCUT2D eigenvalue weighted by Crippen LogP contribution is -2.22. The van der Waals surface area contributed by atoms with Gasteiger partial charge >= 0.3 is 11.9 Å². The maximum atomic E-state index is 11.6. The van der Waals surface area contributed by atoms with Crippen LogP contribution in [-0.4, -0.2) is 22.1 Å². The summed E-state index contributed by atoms with van der Waals surface area (Å²) in [6, 6.07) is 16.4. The number of aryl methyl sites for hydroxylation is 1. The van der Waals surface area contributed by atoms with Crippen LogP contribution < -0.4 is 10.1 Å². The minimum absolute atomic E-state index is 0.169. The van der Waals surface area contributed by atoms with Gasteiger partial charge in [0.15, 0.2) is 0 Å². The molecule has 0 spiro atoms. The smallest absolute Gasteiger partial charge is 0.394 e. The SMILES string of the molecule is Cc1cc(NC(=O)C(=O)O)c2c(c1Oc1ccc(O)c(-c3ccccc3)c1)CCC2. The van der Waals surface area contributed by atoms with E-state index in [1.807, 2.05) is 37.3 Å². The molecule has 6 heteroatoms. The van der Waals surface area contributed by atoms with Gasteiger partial charge in [-0.15, -0.1) is 0 Å². The highest BCUT2D eigenvalue weighted by atomic mass is 16.5. The Morgan fingerprint density at radius 2 is 1.73 bits per heavy atom. The van der Waals surface area contributed by atoms with E-state index in [9.17, 15) is 14.7 Å². The van der Waals surface area contributed by atoms with Gasteiger partial charge in [0.1, 0.15) is 17.2 Å². The molecular weight excluding hydrogens is 382 g/mol. The number of benzene rings is 3. The lowest BCUT2D eigenvalue weighted by molar-refractivity contribution is -0.147. The Morgan fingerprint density at radius 1 is 1.00 bits per heavy atom. The van der Waals surface area contributed by atoms with Crippen LogP contribution in [0.5, 0.6) is 17.2 Å². The van der Waals surface area contributed by atoms with Gasteiger partial charge < -0.3 is 20.3 Å². The summed E-state index contributed by atoms with van der Waals surface area (Å²) >= 11 is 0. The van der Waals surface area contributed by atoms with Crippen molar-refractivity contribution in [2.45, 2.75) is 26.2 Å². The first kappa shape index (κ1) is 19.5. The van der Waals surface area contributed by atoms with Gasteiger partial charge in [0.25, 0.3) is 0 Å². The van der Waals surface area contributed by atoms with Crippen LogP contribution in [0.1, 0.15) is 23.1 Å². The molecule has 0 radical (unpaired) electrons. The summed E-state index contributed by atoms with van der Waals surface area (Å²) in [5.41, 5.74) is 4.76. The molecule has 6 nitrogen and oxygen atoms in total. The molecule has 0 saturated heterocycles. The molecule has 0 saturated carbocycles. The number of hydrogen-bond donors (Lipinski definition) is 3. The fourth-order valence-electron chi connectivity index (χ4n) is 3.87. The molecule has 3 aromatic rings. The summed E-state index contributed by atoms with van der Waals surface area (Å²) in [5, 5.41) is 21.7. The Kier molecular flexibility index (Phi) is 5.14. The van der Waals surface area contributed by atoms with Crippen molar-refractivity contribution in [3.63, 3.8) is 0 Å². The number of phenols is 1. The van der Waals surface area contributed by atoms with E-state index in [2.05, 4.69) is 5.32 Å². The summed E-state index contributed by atoms with van der Waals surface area (Å²) in [7, 11) is 0. The molecule has 3 aromatic carbocycles. The van der Waals surface area contributed by atoms with Gasteiger partial charge in [0.05, 0.1) is 0 Å². The molecule has 0 unspecified atom stereocenters. The largest absolute Gasteiger partial charge is 0.507 e. The normalized spacial score (nSPS) is 12.3. The zero-order chi connectivity index (χ0) is 21.3. The standard InChI is InChI=1S/C24H21NO5/c1-14-12-20(25-23(27)24(28)29)17-8-5-9-18(17)22(14)30-16-10-11-21(26)19(13-16)15-6-3-2-4-7-15/h2-4,6-7,10-13,26H,5,8-9H2,1H3,(H,25,27)(H,28,29). The number of aliphatic carboxylic acids is 1. The van der Waals surface area contributed by atoms with Gasteiger partial charge in [-0.05, 0) is 67.1 Å². The molecule has 0 heterocycles. The van der Waals surface area contributed by atoms with Gasteiger partial charge in [-0.25, -0.2) is 4.79 Å². The number of carboxylic acids is 1. The second-order valence-electron chi connectivity index (χ2n) is 7.29. The highest BCUT2D eigenvalue weighted by Crippen LogP contribution is 2.42. The predicted molar refractivity (Wildman–Crippen MR) is 113 cm³/mol. The van der Waals surface area contributed by atoms with E-state index < -0.39 is 11.9 Å². The monoisotopic (exact) mass is 403 g/mol. The number of carbonyl (C=O) groups excluding carboxylic acids is 1. The third-order valence-electron chi connectivity index (χ3n) is 5.25. The van der Waals surface area contributed by atoms with Crippen molar-refractivity contribution in [1.29, 1.82) is 0 Å². The van der Waals surface area contributed by atoms with Crippen LogP contribution in [0.3, 0.4) is 0 Å². The highest BCUT2D eigenvalue weighted by molar-refractivity contribution is 6.36. The van der Waals surface area contributed by atoms with Crippen molar-refractivity contribution >= 4 is 17.6 Å². The second-order valence-corrected chi connectivity index (χ2v) is 7.29. The van der Waals surface area contributed by atoms with E-state index in [1.165, 1.54) is 0 Å². The maximum absolute atomic E-state index is 11.6. The van der Waals surface area contributed by atoms with Gasteiger partial charge in [-0.2, -0.15) is 0 Å². The zero-order valence-corrected chi connectivity index (χ0v) is 16.4. The fraction of sp³-hybridized carbons (Fsp3) is 0.167. The molecule has 0 aromatic heterocycles. The van der Waals surface area contributed by atoms with Crippen molar-refractivity contribution in [1.82, 2.24) is 0 Å². The topological polar surface area (TPSA) is 95.9 Å². The molecule has 0 atom stereocenters. The average molecular weight is 403 g/mol. The summed E-state index contributed by atoms with van der Waals surface area (Å²) in [6.07, 6.45) is 2.42. The summed E-state index contributed by atoms with van der Waals surface area (Å²) in [4.78, 5) is 22.6. The highest BCUT2D eigenvalue weighted by Gasteiger charge is 2.24. The third-order valence-corrected chi connectivity index (χ3v) is 5.25. The second kappa shape index (κ2) is 7.91. The van der Waals surface area contributed by atoms with Crippen LogP contribution in [-0.2, 0) is 22.4 Å². The van der Waals surface area contributed by atoms with Gasteiger partial charge in [-0.3, -0.25) is 4.79 Å². The van der Waals surface area contributed by atoms with E-state index in [0.29, 0.717) is 22.7 Å². The lowest BCUT2D eigenvalue weighted by Gasteiger charge is -2.18. The molecule has 3 N–H and O–H groups in total. The summed E-state index contributed by atoms with van der Waals surface area (Å²) < 4.78 is 6.24. The van der Waals surface area contributed by atoms with Crippen molar-refractivity contribution in [3.8, 4) is 28.4 Å². The van der Waals surface area contributed by atoms with Crippen LogP contribution >= 0.6 is 0 Å². The number of carbonyl (C=O) groups is 2. The molecule has 0 aliphatic heterocycles. The van der Waals surface area contributed by atoms with Crippen LogP contribution in [0, 0.1) is 6.92 Å². The number of nitrogens with one attached hydrogen (secondary N) is 1. The van der Waals surface area contributed by atoms with Crippen LogP contribution in [0.2, 0.25) is 0 Å². The first-order valence-electron chi connectivity index (χ1n) is 9.70. The molecule has 152 valence electrons. The number of phenolic OH excluding ortho intramolecular Hbond substituents is 1. The fourth-order valence-corrected chi connectivity index (χ4v) is 3.87. The lowest BCUT2D eigenvalue weighted by atomic mass is 10.0. The van der Waals surface area contributed by atoms with Gasteiger partial charge in [0, 0.05) is 16.8 Å². The number of aromatic hydroxyl groups is 1. The van der Waals surface area contributed by atoms with Crippen molar-refractivity contribution in [2.75, 3.05) is 5.32 Å². The molecular formula is C24H21NO5. The van der Waals surface area contributed by atoms with E-state index in [1.54, 1.807) is 24.3 Å². The third kappa shape index (κ3) is 3.72. The number of anilines is 1. The summed E-state index contributed by atoms with van der Waals surface area (Å²) in [6.45, 7) is 1.86. The van der Waals surface area contributed by atoms with Gasteiger partial charge in [0.2, 0.25) is 0 Å². The van der Waals surface area contributed by atoms with Crippen molar-refractivity contribution in [2.24, 2.45) is 0 Å². The number of fused-ring (bicyclic) bond motifs is 1. The first-order chi connectivity index (χ1) is 14.4.